The highest BCUT2D eigenvalue weighted by Gasteiger charge is 2.35. The Labute approximate surface area is 99.4 Å². The fraction of sp³-hybridized carbons (Fsp3) is 0.857. The van der Waals surface area contributed by atoms with E-state index in [0.717, 1.165) is 24.4 Å². The molecule has 92 valence electrons. The summed E-state index contributed by atoms with van der Waals surface area (Å²) in [6, 6.07) is 0.554. The molecule has 1 N–H and O–H groups in total. The number of hydrogen-bond acceptors (Lipinski definition) is 2. The minimum absolute atomic E-state index is 0.554. The predicted octanol–water partition coefficient (Wildman–Crippen LogP) is 2.60. The molecule has 2 aliphatic rings. The molecule has 16 heavy (non-hydrogen) atoms. The fourth-order valence-corrected chi connectivity index (χ4v) is 3.24. The van der Waals surface area contributed by atoms with Crippen molar-refractivity contribution in [2.45, 2.75) is 38.6 Å². The van der Waals surface area contributed by atoms with Crippen LogP contribution in [0.25, 0.3) is 0 Å². The van der Waals surface area contributed by atoms with E-state index in [2.05, 4.69) is 24.4 Å². The van der Waals surface area contributed by atoms with E-state index in [1.54, 1.807) is 7.11 Å². The molecule has 4 atom stereocenters. The highest BCUT2D eigenvalue weighted by molar-refractivity contribution is 5.10. The van der Waals surface area contributed by atoms with Crippen molar-refractivity contribution in [3.63, 3.8) is 0 Å². The van der Waals surface area contributed by atoms with Crippen molar-refractivity contribution in [1.82, 2.24) is 5.32 Å². The molecule has 0 heterocycles. The van der Waals surface area contributed by atoms with E-state index in [-0.39, 0.29) is 0 Å². The Kier molecular flexibility index (Phi) is 4.42. The summed E-state index contributed by atoms with van der Waals surface area (Å²) in [6.07, 6.45) is 10.1. The van der Waals surface area contributed by atoms with Crippen LogP contribution in [0.1, 0.15) is 32.6 Å². The molecule has 0 aromatic heterocycles. The molecule has 2 rings (SSSR count). The van der Waals surface area contributed by atoms with Gasteiger partial charge in [-0.05, 0) is 43.6 Å². The molecule has 2 bridgehead atoms. The molecule has 2 heteroatoms. The lowest BCUT2D eigenvalue weighted by Crippen LogP contribution is -2.37. The second-order valence-electron chi connectivity index (χ2n) is 5.39. The van der Waals surface area contributed by atoms with Crippen LogP contribution >= 0.6 is 0 Å². The Hall–Kier alpha value is -0.340. The number of nitrogens with one attached hydrogen (secondary N) is 1. The normalized spacial score (nSPS) is 33.5. The number of fused-ring (bicyclic) bond motifs is 2. The minimum Gasteiger partial charge on any atom is -0.383 e. The lowest BCUT2D eigenvalue weighted by molar-refractivity contribution is 0.158. The lowest BCUT2D eigenvalue weighted by atomic mass is 9.93. The molecule has 1 saturated carbocycles. The van der Waals surface area contributed by atoms with Crippen LogP contribution in [0, 0.1) is 17.8 Å². The van der Waals surface area contributed by atoms with Crippen LogP contribution < -0.4 is 5.32 Å². The molecule has 1 fully saturated rings. The molecule has 4 unspecified atom stereocenters. The van der Waals surface area contributed by atoms with Crippen molar-refractivity contribution in [2.75, 3.05) is 20.3 Å². The number of ether oxygens (including phenoxy) is 1. The van der Waals surface area contributed by atoms with Gasteiger partial charge in [0.1, 0.15) is 0 Å². The van der Waals surface area contributed by atoms with E-state index in [1.807, 2.05) is 0 Å². The summed E-state index contributed by atoms with van der Waals surface area (Å²) in [7, 11) is 1.80. The van der Waals surface area contributed by atoms with Gasteiger partial charge in [-0.1, -0.05) is 25.5 Å². The molecule has 2 nitrogen and oxygen atoms in total. The summed E-state index contributed by atoms with van der Waals surface area (Å²) in [5.74, 6) is 2.64. The zero-order valence-corrected chi connectivity index (χ0v) is 10.6. The van der Waals surface area contributed by atoms with Crippen molar-refractivity contribution in [3.8, 4) is 0 Å². The molecule has 0 saturated heterocycles. The molecular weight excluding hydrogens is 198 g/mol. The van der Waals surface area contributed by atoms with E-state index in [4.69, 9.17) is 4.74 Å². The van der Waals surface area contributed by atoms with E-state index in [1.165, 1.54) is 32.2 Å². The number of allylic oxidation sites excluding steroid dienone is 2. The van der Waals surface area contributed by atoms with E-state index < -0.39 is 0 Å². The predicted molar refractivity (Wildman–Crippen MR) is 67.4 cm³/mol. The molecule has 0 spiro atoms. The first-order valence-electron chi connectivity index (χ1n) is 6.74. The second-order valence-corrected chi connectivity index (χ2v) is 5.39. The van der Waals surface area contributed by atoms with Crippen LogP contribution in [0.3, 0.4) is 0 Å². The van der Waals surface area contributed by atoms with Crippen molar-refractivity contribution in [1.29, 1.82) is 0 Å². The Morgan fingerprint density at radius 3 is 2.81 bits per heavy atom. The highest BCUT2D eigenvalue weighted by Crippen LogP contribution is 2.42. The first-order chi connectivity index (χ1) is 7.83. The molecule has 0 amide bonds. The Morgan fingerprint density at radius 1 is 1.38 bits per heavy atom. The van der Waals surface area contributed by atoms with Gasteiger partial charge >= 0.3 is 0 Å². The first kappa shape index (κ1) is 12.1. The molecule has 0 aromatic carbocycles. The van der Waals surface area contributed by atoms with Crippen LogP contribution in [0.5, 0.6) is 0 Å². The maximum absolute atomic E-state index is 5.26. The maximum Gasteiger partial charge on any atom is 0.0615 e. The monoisotopic (exact) mass is 223 g/mol. The van der Waals surface area contributed by atoms with Crippen molar-refractivity contribution in [3.05, 3.63) is 12.2 Å². The highest BCUT2D eigenvalue weighted by atomic mass is 16.5. The fourth-order valence-electron chi connectivity index (χ4n) is 3.24. The molecule has 2 aliphatic carbocycles. The zero-order chi connectivity index (χ0) is 11.4. The summed E-state index contributed by atoms with van der Waals surface area (Å²) >= 11 is 0. The van der Waals surface area contributed by atoms with Crippen LogP contribution in [0.2, 0.25) is 0 Å². The van der Waals surface area contributed by atoms with Crippen molar-refractivity contribution >= 4 is 0 Å². The van der Waals surface area contributed by atoms with Gasteiger partial charge < -0.3 is 10.1 Å². The van der Waals surface area contributed by atoms with Gasteiger partial charge in [0.15, 0.2) is 0 Å². The summed E-state index contributed by atoms with van der Waals surface area (Å²) in [4.78, 5) is 0. The van der Waals surface area contributed by atoms with Gasteiger partial charge in [-0.15, -0.1) is 0 Å². The molecule has 0 radical (unpaired) electrons. The average molecular weight is 223 g/mol. The quantitative estimate of drug-likeness (QED) is 0.670. The zero-order valence-electron chi connectivity index (χ0n) is 10.6. The largest absolute Gasteiger partial charge is 0.383 e. The minimum atomic E-state index is 0.554. The topological polar surface area (TPSA) is 21.3 Å². The van der Waals surface area contributed by atoms with Crippen molar-refractivity contribution < 1.29 is 4.74 Å². The van der Waals surface area contributed by atoms with E-state index in [0.29, 0.717) is 6.04 Å². The lowest BCUT2D eigenvalue weighted by Gasteiger charge is -2.23. The van der Waals surface area contributed by atoms with Crippen LogP contribution in [-0.2, 0) is 4.74 Å². The van der Waals surface area contributed by atoms with Gasteiger partial charge in [0, 0.05) is 13.2 Å². The van der Waals surface area contributed by atoms with Gasteiger partial charge in [0.05, 0.1) is 6.61 Å². The number of rotatable bonds is 7. The standard InChI is InChI=1S/C14H25NO/c1-3-4-14(10-16-2)15-9-13-8-11-5-6-12(13)7-11/h5-6,11-15H,3-4,7-10H2,1-2H3. The summed E-state index contributed by atoms with van der Waals surface area (Å²) in [5.41, 5.74) is 0. The summed E-state index contributed by atoms with van der Waals surface area (Å²) < 4.78 is 5.26. The Bertz CT molecular complexity index is 233. The third kappa shape index (κ3) is 2.86. The van der Waals surface area contributed by atoms with Gasteiger partial charge in [-0.3, -0.25) is 0 Å². The van der Waals surface area contributed by atoms with Gasteiger partial charge in [-0.25, -0.2) is 0 Å². The first-order valence-corrected chi connectivity index (χ1v) is 6.74. The SMILES string of the molecule is CCCC(COC)NCC1CC2C=CC1C2. The van der Waals surface area contributed by atoms with E-state index >= 15 is 0 Å². The number of hydrogen-bond donors (Lipinski definition) is 1. The van der Waals surface area contributed by atoms with Crippen LogP contribution in [0.4, 0.5) is 0 Å². The third-order valence-corrected chi connectivity index (χ3v) is 4.09. The van der Waals surface area contributed by atoms with Gasteiger partial charge in [-0.2, -0.15) is 0 Å². The Balaban J connectivity index is 1.71. The molecule has 0 aliphatic heterocycles. The van der Waals surface area contributed by atoms with Crippen LogP contribution in [-0.4, -0.2) is 26.3 Å². The second kappa shape index (κ2) is 5.83. The third-order valence-electron chi connectivity index (χ3n) is 4.09. The summed E-state index contributed by atoms with van der Waals surface area (Å²) in [5, 5.41) is 3.69. The smallest absolute Gasteiger partial charge is 0.0615 e. The van der Waals surface area contributed by atoms with Gasteiger partial charge in [0.25, 0.3) is 0 Å². The van der Waals surface area contributed by atoms with Crippen LogP contribution in [0.15, 0.2) is 12.2 Å². The number of methoxy groups -OCH3 is 1. The van der Waals surface area contributed by atoms with Crippen molar-refractivity contribution in [2.24, 2.45) is 17.8 Å². The van der Waals surface area contributed by atoms with Gasteiger partial charge in [0.2, 0.25) is 0 Å². The summed E-state index contributed by atoms with van der Waals surface area (Å²) in [6.45, 7) is 4.27. The Morgan fingerprint density at radius 2 is 2.25 bits per heavy atom. The molecule has 0 aromatic rings. The molecular formula is C14H25NO. The average Bonchev–Trinajstić information content (AvgIpc) is 2.88. The maximum atomic E-state index is 5.26. The van der Waals surface area contributed by atoms with E-state index in [9.17, 15) is 0 Å².